The smallest absolute Gasteiger partial charge is 0.212 e. The Morgan fingerprint density at radius 3 is 2.83 bits per heavy atom. The summed E-state index contributed by atoms with van der Waals surface area (Å²) >= 11 is 9.35. The monoisotopic (exact) mass is 330 g/mol. The average molecular weight is 332 g/mol. The molecule has 0 unspecified atom stereocenters. The van der Waals surface area contributed by atoms with E-state index in [1.54, 1.807) is 7.05 Å². The van der Waals surface area contributed by atoms with Gasteiger partial charge in [0, 0.05) is 10.0 Å². The van der Waals surface area contributed by atoms with Crippen LogP contribution in [0.15, 0.2) is 16.6 Å². The fraction of sp³-hybridized carbons (Fsp3) is 0.364. The molecule has 0 saturated heterocycles. The van der Waals surface area contributed by atoms with Gasteiger partial charge in [-0.1, -0.05) is 15.9 Å². The molecule has 0 spiro atoms. The van der Waals surface area contributed by atoms with Crippen LogP contribution in [0.4, 0.5) is 0 Å². The first kappa shape index (κ1) is 13.3. The Morgan fingerprint density at radius 2 is 2.22 bits per heavy atom. The predicted octanol–water partition coefficient (Wildman–Crippen LogP) is 2.60. The van der Waals surface area contributed by atoms with E-state index in [9.17, 15) is 0 Å². The van der Waals surface area contributed by atoms with Crippen LogP contribution >= 0.6 is 27.5 Å². The molecule has 2 aromatic rings. The van der Waals surface area contributed by atoms with Gasteiger partial charge in [-0.15, -0.1) is 21.8 Å². The Labute approximate surface area is 118 Å². The molecule has 0 aliphatic carbocycles. The van der Waals surface area contributed by atoms with Gasteiger partial charge in [0.05, 0.1) is 12.9 Å². The van der Waals surface area contributed by atoms with Gasteiger partial charge in [-0.05, 0) is 29.8 Å². The second-order valence-corrected chi connectivity index (χ2v) is 5.01. The molecule has 1 heterocycles. The lowest BCUT2D eigenvalue weighted by atomic mass is 10.1. The normalized spacial score (nSPS) is 10.7. The molecule has 0 aliphatic heterocycles. The molecule has 96 valence electrons. The van der Waals surface area contributed by atoms with Crippen LogP contribution in [0.1, 0.15) is 17.0 Å². The van der Waals surface area contributed by atoms with Crippen molar-refractivity contribution >= 4 is 27.5 Å². The van der Waals surface area contributed by atoms with E-state index < -0.39 is 0 Å². The van der Waals surface area contributed by atoms with Gasteiger partial charge in [-0.25, -0.2) is 0 Å². The van der Waals surface area contributed by atoms with Gasteiger partial charge in [0.25, 0.3) is 0 Å². The number of rotatable bonds is 4. The molecule has 18 heavy (non-hydrogen) atoms. The van der Waals surface area contributed by atoms with E-state index in [4.69, 9.17) is 16.3 Å². The quantitative estimate of drug-likeness (QED) is 0.808. The van der Waals surface area contributed by atoms with Gasteiger partial charge in [-0.3, -0.25) is 0 Å². The van der Waals surface area contributed by atoms with Crippen molar-refractivity contribution in [2.75, 3.05) is 0 Å². The highest BCUT2D eigenvalue weighted by Gasteiger charge is 2.10. The third kappa shape index (κ3) is 3.00. The zero-order valence-corrected chi connectivity index (χ0v) is 12.4. The number of aromatic nitrogens is 4. The molecular weight excluding hydrogens is 320 g/mol. The lowest BCUT2D eigenvalue weighted by molar-refractivity contribution is 0.291. The van der Waals surface area contributed by atoms with Crippen LogP contribution in [0, 0.1) is 6.92 Å². The molecule has 5 nitrogen and oxygen atoms in total. The zero-order valence-electron chi connectivity index (χ0n) is 10.0. The summed E-state index contributed by atoms with van der Waals surface area (Å²) in [4.78, 5) is 1.40. The van der Waals surface area contributed by atoms with E-state index in [-0.39, 0.29) is 6.61 Å². The summed E-state index contributed by atoms with van der Waals surface area (Å²) in [6, 6.07) is 3.93. The maximum absolute atomic E-state index is 5.91. The molecule has 0 amide bonds. The van der Waals surface area contributed by atoms with Gasteiger partial charge < -0.3 is 4.74 Å². The minimum atomic E-state index is 0.278. The second-order valence-electron chi connectivity index (χ2n) is 3.83. The van der Waals surface area contributed by atoms with Crippen molar-refractivity contribution in [1.29, 1.82) is 0 Å². The maximum atomic E-state index is 5.91. The van der Waals surface area contributed by atoms with Crippen molar-refractivity contribution in [3.05, 3.63) is 33.6 Å². The molecule has 1 aromatic heterocycles. The number of aryl methyl sites for hydroxylation is 2. The lowest BCUT2D eigenvalue weighted by Crippen LogP contribution is -2.02. The van der Waals surface area contributed by atoms with Crippen molar-refractivity contribution in [2.24, 2.45) is 7.05 Å². The fourth-order valence-corrected chi connectivity index (χ4v) is 2.44. The molecule has 0 radical (unpaired) electrons. The number of benzene rings is 1. The Bertz CT molecular complexity index is 558. The summed E-state index contributed by atoms with van der Waals surface area (Å²) in [6.07, 6.45) is 0. The summed E-state index contributed by atoms with van der Waals surface area (Å²) in [5, 5.41) is 11.7. The summed E-state index contributed by atoms with van der Waals surface area (Å²) in [5.41, 5.74) is 1.95. The molecule has 0 N–H and O–H groups in total. The fourth-order valence-electron chi connectivity index (χ4n) is 1.62. The molecule has 1 aromatic carbocycles. The Kier molecular flexibility index (Phi) is 4.19. The molecule has 0 bridgehead atoms. The van der Waals surface area contributed by atoms with Crippen molar-refractivity contribution in [3.8, 4) is 5.75 Å². The third-order valence-corrected chi connectivity index (χ3v) is 3.10. The van der Waals surface area contributed by atoms with Crippen LogP contribution < -0.4 is 4.74 Å². The van der Waals surface area contributed by atoms with Crippen LogP contribution in [0.25, 0.3) is 0 Å². The van der Waals surface area contributed by atoms with Gasteiger partial charge >= 0.3 is 0 Å². The van der Waals surface area contributed by atoms with Gasteiger partial charge in [0.1, 0.15) is 5.75 Å². The first-order valence-electron chi connectivity index (χ1n) is 5.31. The van der Waals surface area contributed by atoms with E-state index in [0.717, 1.165) is 21.3 Å². The number of nitrogens with zero attached hydrogens (tertiary/aromatic N) is 4. The molecular formula is C11H12BrClN4O. The standard InChI is InChI=1S/C11H12BrClN4O/c1-7-3-9(12)4-8(5-13)11(7)18-6-10-14-16-17(2)15-10/h3-4H,5-6H2,1-2H3. The van der Waals surface area contributed by atoms with E-state index in [1.807, 2.05) is 19.1 Å². The van der Waals surface area contributed by atoms with Gasteiger partial charge in [0.2, 0.25) is 5.82 Å². The number of hydrogen-bond acceptors (Lipinski definition) is 4. The van der Waals surface area contributed by atoms with Gasteiger partial charge in [0.15, 0.2) is 6.61 Å². The third-order valence-electron chi connectivity index (χ3n) is 2.36. The number of tetrazole rings is 1. The predicted molar refractivity (Wildman–Crippen MR) is 71.6 cm³/mol. The number of hydrogen-bond donors (Lipinski definition) is 0. The highest BCUT2D eigenvalue weighted by molar-refractivity contribution is 9.10. The van der Waals surface area contributed by atoms with Crippen LogP contribution in [-0.4, -0.2) is 20.2 Å². The summed E-state index contributed by atoms with van der Waals surface area (Å²) in [7, 11) is 1.71. The first-order chi connectivity index (χ1) is 8.60. The average Bonchev–Trinajstić information content (AvgIpc) is 2.73. The molecule has 0 aliphatic rings. The van der Waals surface area contributed by atoms with Crippen LogP contribution in [0.5, 0.6) is 5.75 Å². The van der Waals surface area contributed by atoms with Gasteiger partial charge in [-0.2, -0.15) is 4.80 Å². The highest BCUT2D eigenvalue weighted by atomic mass is 79.9. The SMILES string of the molecule is Cc1cc(Br)cc(CCl)c1OCc1nnn(C)n1. The van der Waals surface area contributed by atoms with Crippen LogP contribution in [0.3, 0.4) is 0 Å². The van der Waals surface area contributed by atoms with Crippen molar-refractivity contribution in [2.45, 2.75) is 19.4 Å². The number of ether oxygens (including phenoxy) is 1. The highest BCUT2D eigenvalue weighted by Crippen LogP contribution is 2.29. The summed E-state index contributed by atoms with van der Waals surface area (Å²) < 4.78 is 6.72. The molecule has 2 rings (SSSR count). The molecule has 0 fully saturated rings. The second kappa shape index (κ2) is 5.67. The topological polar surface area (TPSA) is 52.8 Å². The molecule has 0 atom stereocenters. The van der Waals surface area contributed by atoms with Crippen LogP contribution in [0.2, 0.25) is 0 Å². The minimum Gasteiger partial charge on any atom is -0.485 e. The maximum Gasteiger partial charge on any atom is 0.212 e. The lowest BCUT2D eigenvalue weighted by Gasteiger charge is -2.12. The Balaban J connectivity index is 2.18. The number of halogens is 2. The molecule has 7 heteroatoms. The van der Waals surface area contributed by atoms with Crippen molar-refractivity contribution < 1.29 is 4.74 Å². The summed E-state index contributed by atoms with van der Waals surface area (Å²) in [6.45, 7) is 2.25. The van der Waals surface area contributed by atoms with E-state index in [1.165, 1.54) is 4.80 Å². The Hall–Kier alpha value is -1.14. The Morgan fingerprint density at radius 1 is 1.44 bits per heavy atom. The number of alkyl halides is 1. The van der Waals surface area contributed by atoms with Crippen molar-refractivity contribution in [3.63, 3.8) is 0 Å². The molecule has 0 saturated carbocycles. The first-order valence-corrected chi connectivity index (χ1v) is 6.63. The largest absolute Gasteiger partial charge is 0.485 e. The van der Waals surface area contributed by atoms with E-state index in [0.29, 0.717) is 11.7 Å². The van der Waals surface area contributed by atoms with Crippen LogP contribution in [-0.2, 0) is 19.5 Å². The zero-order chi connectivity index (χ0) is 13.1. The summed E-state index contributed by atoms with van der Waals surface area (Å²) in [5.74, 6) is 1.71. The van der Waals surface area contributed by atoms with E-state index >= 15 is 0 Å². The van der Waals surface area contributed by atoms with E-state index in [2.05, 4.69) is 31.3 Å². The minimum absolute atomic E-state index is 0.278. The van der Waals surface area contributed by atoms with Crippen molar-refractivity contribution in [1.82, 2.24) is 20.2 Å².